The lowest BCUT2D eigenvalue weighted by Gasteiger charge is -2.05. The van der Waals surface area contributed by atoms with Crippen molar-refractivity contribution in [2.45, 2.75) is 26.2 Å². The van der Waals surface area contributed by atoms with Gasteiger partial charge in [0.05, 0.1) is 17.3 Å². The molecule has 6 nitrogen and oxygen atoms in total. The van der Waals surface area contributed by atoms with Crippen molar-refractivity contribution < 1.29 is 22.4 Å². The minimum atomic E-state index is -4.71. The van der Waals surface area contributed by atoms with E-state index in [9.17, 15) is 22.4 Å². The van der Waals surface area contributed by atoms with Crippen LogP contribution in [-0.4, -0.2) is 25.5 Å². The van der Waals surface area contributed by atoms with Gasteiger partial charge in [-0.2, -0.15) is 23.4 Å². The van der Waals surface area contributed by atoms with Gasteiger partial charge in [0.1, 0.15) is 12.4 Å². The Kier molecular flexibility index (Phi) is 5.41. The van der Waals surface area contributed by atoms with Crippen molar-refractivity contribution in [2.75, 3.05) is 5.32 Å². The van der Waals surface area contributed by atoms with Gasteiger partial charge in [-0.15, -0.1) is 0 Å². The predicted octanol–water partition coefficient (Wildman–Crippen LogP) is 3.89. The lowest BCUT2D eigenvalue weighted by molar-refractivity contribution is -0.141. The van der Waals surface area contributed by atoms with E-state index in [1.165, 1.54) is 29.8 Å². The molecule has 0 atom stereocenters. The molecular weight excluding hydrogens is 402 g/mol. The first kappa shape index (κ1) is 19.9. The van der Waals surface area contributed by atoms with Crippen LogP contribution < -0.4 is 5.32 Å². The highest BCUT2D eigenvalue weighted by Gasteiger charge is 2.38. The summed E-state index contributed by atoms with van der Waals surface area (Å²) in [5.41, 5.74) is -0.526. The maximum atomic E-state index is 13.2. The zero-order valence-electron chi connectivity index (χ0n) is 14.5. The summed E-state index contributed by atoms with van der Waals surface area (Å²) in [5, 5.41) is 9.43. The van der Waals surface area contributed by atoms with Crippen LogP contribution in [0.2, 0.25) is 5.02 Å². The second-order valence-corrected chi connectivity index (χ2v) is 6.36. The first-order valence-corrected chi connectivity index (χ1v) is 8.39. The van der Waals surface area contributed by atoms with Crippen molar-refractivity contribution >= 4 is 23.3 Å². The third-order valence-electron chi connectivity index (χ3n) is 3.84. The molecule has 3 rings (SSSR count). The average molecular weight is 416 g/mol. The molecule has 11 heteroatoms. The minimum Gasteiger partial charge on any atom is -0.308 e. The Hall–Kier alpha value is -2.88. The van der Waals surface area contributed by atoms with Crippen molar-refractivity contribution in [3.05, 3.63) is 64.3 Å². The van der Waals surface area contributed by atoms with Crippen LogP contribution in [0.25, 0.3) is 0 Å². The van der Waals surface area contributed by atoms with Crippen LogP contribution in [-0.2, 0) is 24.1 Å². The Morgan fingerprint density at radius 2 is 2.00 bits per heavy atom. The average Bonchev–Trinajstić information content (AvgIpc) is 3.13. The quantitative estimate of drug-likeness (QED) is 0.643. The SMILES string of the molecule is Cc1c(Cl)c(C(F)(F)F)nn1CC(=O)Nc1ccn(Cc2cccc(F)c2)n1. The van der Waals surface area contributed by atoms with E-state index in [0.29, 0.717) is 5.56 Å². The zero-order chi connectivity index (χ0) is 20.5. The fraction of sp³-hybridized carbons (Fsp3) is 0.235. The van der Waals surface area contributed by atoms with Crippen LogP contribution in [0.4, 0.5) is 23.4 Å². The molecule has 28 heavy (non-hydrogen) atoms. The van der Waals surface area contributed by atoms with E-state index in [1.54, 1.807) is 18.3 Å². The number of halogens is 5. The highest BCUT2D eigenvalue weighted by molar-refractivity contribution is 6.32. The topological polar surface area (TPSA) is 64.7 Å². The number of alkyl halides is 3. The zero-order valence-corrected chi connectivity index (χ0v) is 15.2. The number of anilines is 1. The van der Waals surface area contributed by atoms with Crippen LogP contribution in [0.1, 0.15) is 17.0 Å². The molecule has 0 saturated heterocycles. The summed E-state index contributed by atoms with van der Waals surface area (Å²) in [7, 11) is 0. The Bertz CT molecular complexity index is 1010. The summed E-state index contributed by atoms with van der Waals surface area (Å²) in [4.78, 5) is 12.1. The first-order chi connectivity index (χ1) is 13.1. The number of carbonyl (C=O) groups excluding carboxylic acids is 1. The summed E-state index contributed by atoms with van der Waals surface area (Å²) < 4.78 is 54.1. The molecule has 3 aromatic rings. The van der Waals surface area contributed by atoms with Crippen molar-refractivity contribution in [2.24, 2.45) is 0 Å². The van der Waals surface area contributed by atoms with Gasteiger partial charge < -0.3 is 5.32 Å². The molecule has 1 N–H and O–H groups in total. The highest BCUT2D eigenvalue weighted by Crippen LogP contribution is 2.35. The number of nitrogens with one attached hydrogen (secondary N) is 1. The summed E-state index contributed by atoms with van der Waals surface area (Å²) in [6, 6.07) is 7.50. The van der Waals surface area contributed by atoms with Gasteiger partial charge in [-0.05, 0) is 24.6 Å². The lowest BCUT2D eigenvalue weighted by Crippen LogP contribution is -2.21. The van der Waals surface area contributed by atoms with E-state index in [1.807, 2.05) is 0 Å². The van der Waals surface area contributed by atoms with Crippen molar-refractivity contribution in [1.82, 2.24) is 19.6 Å². The Morgan fingerprint density at radius 1 is 1.25 bits per heavy atom. The fourth-order valence-electron chi connectivity index (χ4n) is 2.52. The van der Waals surface area contributed by atoms with E-state index in [4.69, 9.17) is 11.6 Å². The third-order valence-corrected chi connectivity index (χ3v) is 4.29. The number of nitrogens with zero attached hydrogens (tertiary/aromatic N) is 4. The number of hydrogen-bond donors (Lipinski definition) is 1. The Balaban J connectivity index is 1.65. The molecule has 148 valence electrons. The van der Waals surface area contributed by atoms with Crippen LogP contribution >= 0.6 is 11.6 Å². The molecule has 0 aliphatic carbocycles. The normalized spacial score (nSPS) is 11.6. The van der Waals surface area contributed by atoms with E-state index < -0.39 is 29.3 Å². The summed E-state index contributed by atoms with van der Waals surface area (Å²) in [6.45, 7) is 1.17. The first-order valence-electron chi connectivity index (χ1n) is 8.01. The van der Waals surface area contributed by atoms with Gasteiger partial charge >= 0.3 is 6.18 Å². The number of benzene rings is 1. The maximum Gasteiger partial charge on any atom is 0.436 e. The number of carbonyl (C=O) groups is 1. The van der Waals surface area contributed by atoms with E-state index in [0.717, 1.165) is 4.68 Å². The monoisotopic (exact) mass is 415 g/mol. The number of hydrogen-bond acceptors (Lipinski definition) is 3. The van der Waals surface area contributed by atoms with Gasteiger partial charge in [0.25, 0.3) is 0 Å². The molecule has 0 unspecified atom stereocenters. The molecule has 1 aromatic carbocycles. The molecule has 2 aromatic heterocycles. The molecule has 1 amide bonds. The van der Waals surface area contributed by atoms with Crippen LogP contribution in [0, 0.1) is 12.7 Å². The fourth-order valence-corrected chi connectivity index (χ4v) is 2.76. The van der Waals surface area contributed by atoms with Gasteiger partial charge in [0.15, 0.2) is 11.5 Å². The summed E-state index contributed by atoms with van der Waals surface area (Å²) in [6.07, 6.45) is -3.13. The maximum absolute atomic E-state index is 13.2. The summed E-state index contributed by atoms with van der Waals surface area (Å²) >= 11 is 5.66. The van der Waals surface area contributed by atoms with Gasteiger partial charge in [-0.3, -0.25) is 14.2 Å². The largest absolute Gasteiger partial charge is 0.436 e. The van der Waals surface area contributed by atoms with Gasteiger partial charge in [-0.1, -0.05) is 23.7 Å². The molecular formula is C17H14ClF4N5O. The molecule has 2 heterocycles. The van der Waals surface area contributed by atoms with Gasteiger partial charge in [0.2, 0.25) is 5.91 Å². The molecule has 0 aliphatic rings. The van der Waals surface area contributed by atoms with Crippen LogP contribution in [0.5, 0.6) is 0 Å². The van der Waals surface area contributed by atoms with Crippen LogP contribution in [0.15, 0.2) is 36.5 Å². The molecule has 0 fully saturated rings. The number of aromatic nitrogens is 4. The minimum absolute atomic E-state index is 0.0285. The second kappa shape index (κ2) is 7.63. The molecule has 0 radical (unpaired) electrons. The third kappa shape index (κ3) is 4.50. The highest BCUT2D eigenvalue weighted by atomic mass is 35.5. The molecule has 0 saturated carbocycles. The molecule has 0 spiro atoms. The number of rotatable bonds is 5. The smallest absolute Gasteiger partial charge is 0.308 e. The van der Waals surface area contributed by atoms with Crippen molar-refractivity contribution in [3.63, 3.8) is 0 Å². The van der Waals surface area contributed by atoms with E-state index in [-0.39, 0.29) is 23.9 Å². The predicted molar refractivity (Wildman–Crippen MR) is 93.3 cm³/mol. The van der Waals surface area contributed by atoms with Gasteiger partial charge in [0, 0.05) is 12.3 Å². The molecule has 0 bridgehead atoms. The van der Waals surface area contributed by atoms with E-state index in [2.05, 4.69) is 15.5 Å². The van der Waals surface area contributed by atoms with E-state index >= 15 is 0 Å². The van der Waals surface area contributed by atoms with Crippen molar-refractivity contribution in [3.8, 4) is 0 Å². The number of amides is 1. The van der Waals surface area contributed by atoms with Gasteiger partial charge in [-0.25, -0.2) is 4.39 Å². The van der Waals surface area contributed by atoms with Crippen molar-refractivity contribution in [1.29, 1.82) is 0 Å². The van der Waals surface area contributed by atoms with Crippen LogP contribution in [0.3, 0.4) is 0 Å². The summed E-state index contributed by atoms with van der Waals surface area (Å²) in [5.74, 6) is -0.787. The lowest BCUT2D eigenvalue weighted by atomic mass is 10.2. The Labute approximate surface area is 161 Å². The second-order valence-electron chi connectivity index (χ2n) is 5.98. The standard InChI is InChI=1S/C17H14ClF4N5O/c1-10-15(18)16(17(20,21)22)25-27(10)9-14(28)23-13-5-6-26(24-13)8-11-3-2-4-12(19)7-11/h2-7H,8-9H2,1H3,(H,23,24,28). The molecule has 0 aliphatic heterocycles. The Morgan fingerprint density at radius 3 is 2.64 bits per heavy atom.